The number of ether oxygens (including phenoxy) is 1. The highest BCUT2D eigenvalue weighted by atomic mass is 32.2. The second-order valence-corrected chi connectivity index (χ2v) is 7.26. The SMILES string of the molecule is COCCNC(=O)[C@H](C)Sc1nnc(NCC(C)C)s1. The van der Waals surface area contributed by atoms with Gasteiger partial charge in [-0.25, -0.2) is 0 Å². The summed E-state index contributed by atoms with van der Waals surface area (Å²) in [6.07, 6.45) is 0. The molecule has 1 aromatic rings. The first kappa shape index (κ1) is 17.2. The maximum absolute atomic E-state index is 11.8. The van der Waals surface area contributed by atoms with Crippen LogP contribution in [-0.2, 0) is 9.53 Å². The van der Waals surface area contributed by atoms with Gasteiger partial charge in [0.25, 0.3) is 0 Å². The van der Waals surface area contributed by atoms with Crippen LogP contribution in [-0.4, -0.2) is 48.2 Å². The van der Waals surface area contributed by atoms with Crippen LogP contribution in [0.15, 0.2) is 4.34 Å². The number of nitrogens with zero attached hydrogens (tertiary/aromatic N) is 2. The Bertz CT molecular complexity index is 412. The van der Waals surface area contributed by atoms with Gasteiger partial charge in [-0.15, -0.1) is 10.2 Å². The van der Waals surface area contributed by atoms with E-state index in [0.29, 0.717) is 19.1 Å². The molecule has 1 rings (SSSR count). The summed E-state index contributed by atoms with van der Waals surface area (Å²) < 4.78 is 5.69. The molecule has 0 aliphatic heterocycles. The maximum atomic E-state index is 11.8. The van der Waals surface area contributed by atoms with Crippen molar-refractivity contribution in [2.45, 2.75) is 30.4 Å². The molecule has 0 aromatic carbocycles. The predicted octanol–water partition coefficient (Wildman–Crippen LogP) is 1.85. The van der Waals surface area contributed by atoms with Crippen LogP contribution in [0.1, 0.15) is 20.8 Å². The van der Waals surface area contributed by atoms with Crippen LogP contribution in [0.3, 0.4) is 0 Å². The number of rotatable bonds is 9. The second-order valence-electron chi connectivity index (χ2n) is 4.69. The zero-order valence-corrected chi connectivity index (χ0v) is 13.9. The molecular formula is C12H22N4O2S2. The van der Waals surface area contributed by atoms with Crippen molar-refractivity contribution in [3.8, 4) is 0 Å². The van der Waals surface area contributed by atoms with Gasteiger partial charge in [0.05, 0.1) is 11.9 Å². The van der Waals surface area contributed by atoms with Gasteiger partial charge in [-0.1, -0.05) is 36.9 Å². The molecule has 1 atom stereocenters. The van der Waals surface area contributed by atoms with Crippen LogP contribution in [0, 0.1) is 5.92 Å². The topological polar surface area (TPSA) is 76.1 Å². The lowest BCUT2D eigenvalue weighted by atomic mass is 10.2. The lowest BCUT2D eigenvalue weighted by molar-refractivity contribution is -0.120. The van der Waals surface area contributed by atoms with E-state index in [1.54, 1.807) is 7.11 Å². The van der Waals surface area contributed by atoms with Crippen LogP contribution in [0.4, 0.5) is 5.13 Å². The smallest absolute Gasteiger partial charge is 0.233 e. The molecular weight excluding hydrogens is 296 g/mol. The summed E-state index contributed by atoms with van der Waals surface area (Å²) in [6.45, 7) is 8.04. The van der Waals surface area contributed by atoms with Gasteiger partial charge in [-0.05, 0) is 12.8 Å². The van der Waals surface area contributed by atoms with Crippen molar-refractivity contribution in [1.29, 1.82) is 0 Å². The average Bonchev–Trinajstić information content (AvgIpc) is 2.84. The zero-order valence-electron chi connectivity index (χ0n) is 12.3. The van der Waals surface area contributed by atoms with E-state index < -0.39 is 0 Å². The van der Waals surface area contributed by atoms with Gasteiger partial charge in [0.1, 0.15) is 0 Å². The van der Waals surface area contributed by atoms with Gasteiger partial charge in [-0.3, -0.25) is 4.79 Å². The normalized spacial score (nSPS) is 12.4. The largest absolute Gasteiger partial charge is 0.383 e. The number of carbonyl (C=O) groups excluding carboxylic acids is 1. The highest BCUT2D eigenvalue weighted by molar-refractivity contribution is 8.02. The second kappa shape index (κ2) is 9.15. The van der Waals surface area contributed by atoms with E-state index in [1.807, 2.05) is 6.92 Å². The maximum Gasteiger partial charge on any atom is 0.233 e. The highest BCUT2D eigenvalue weighted by Gasteiger charge is 2.16. The summed E-state index contributed by atoms with van der Waals surface area (Å²) in [7, 11) is 1.61. The van der Waals surface area contributed by atoms with Crippen LogP contribution in [0.5, 0.6) is 0 Å². The molecule has 0 fully saturated rings. The molecule has 0 aliphatic carbocycles. The third-order valence-electron chi connectivity index (χ3n) is 2.32. The molecule has 0 saturated heterocycles. The number of hydrogen-bond acceptors (Lipinski definition) is 7. The molecule has 6 nitrogen and oxygen atoms in total. The predicted molar refractivity (Wildman–Crippen MR) is 83.4 cm³/mol. The summed E-state index contributed by atoms with van der Waals surface area (Å²) in [5, 5.41) is 14.8. The van der Waals surface area contributed by atoms with Gasteiger partial charge in [-0.2, -0.15) is 0 Å². The molecule has 8 heteroatoms. The van der Waals surface area contributed by atoms with Crippen LogP contribution >= 0.6 is 23.1 Å². The van der Waals surface area contributed by atoms with Gasteiger partial charge in [0.15, 0.2) is 4.34 Å². The lowest BCUT2D eigenvalue weighted by Gasteiger charge is -2.09. The van der Waals surface area contributed by atoms with Crippen LogP contribution < -0.4 is 10.6 Å². The first-order valence-corrected chi connectivity index (χ1v) is 8.23. The summed E-state index contributed by atoms with van der Waals surface area (Å²) >= 11 is 2.89. The van der Waals surface area contributed by atoms with Gasteiger partial charge in [0.2, 0.25) is 11.0 Å². The first-order valence-electron chi connectivity index (χ1n) is 6.53. The number of hydrogen-bond donors (Lipinski definition) is 2. The summed E-state index contributed by atoms with van der Waals surface area (Å²) in [5.74, 6) is 0.541. The highest BCUT2D eigenvalue weighted by Crippen LogP contribution is 2.28. The van der Waals surface area contributed by atoms with Crippen LogP contribution in [0.2, 0.25) is 0 Å². The molecule has 0 saturated carbocycles. The number of amides is 1. The molecule has 1 aromatic heterocycles. The van der Waals surface area contributed by atoms with Crippen molar-refractivity contribution < 1.29 is 9.53 Å². The fraction of sp³-hybridized carbons (Fsp3) is 0.750. The Morgan fingerprint density at radius 3 is 2.80 bits per heavy atom. The van der Waals surface area contributed by atoms with E-state index in [1.165, 1.54) is 23.1 Å². The van der Waals surface area contributed by atoms with Gasteiger partial charge < -0.3 is 15.4 Å². The minimum Gasteiger partial charge on any atom is -0.383 e. The van der Waals surface area contributed by atoms with Crippen molar-refractivity contribution in [2.75, 3.05) is 32.1 Å². The number of anilines is 1. The van der Waals surface area contributed by atoms with Crippen molar-refractivity contribution in [3.05, 3.63) is 0 Å². The first-order chi connectivity index (χ1) is 9.52. The Balaban J connectivity index is 2.37. The molecule has 0 unspecified atom stereocenters. The monoisotopic (exact) mass is 318 g/mol. The number of nitrogens with one attached hydrogen (secondary N) is 2. The molecule has 20 heavy (non-hydrogen) atoms. The Labute approximate surface area is 128 Å². The quantitative estimate of drug-likeness (QED) is 0.534. The standard InChI is InChI=1S/C12H22N4O2S2/c1-8(2)7-14-11-15-16-12(20-11)19-9(3)10(17)13-5-6-18-4/h8-9H,5-7H2,1-4H3,(H,13,17)(H,14,15)/t9-/m0/s1. The molecule has 0 bridgehead atoms. The van der Waals surface area contributed by atoms with E-state index in [2.05, 4.69) is 34.7 Å². The van der Waals surface area contributed by atoms with Crippen LogP contribution in [0.25, 0.3) is 0 Å². The minimum atomic E-state index is -0.197. The Morgan fingerprint density at radius 1 is 1.40 bits per heavy atom. The number of carbonyl (C=O) groups is 1. The van der Waals surface area contributed by atoms with Crippen molar-refractivity contribution >= 4 is 34.1 Å². The Hall–Kier alpha value is -0.860. The summed E-state index contributed by atoms with van der Waals surface area (Å²) in [5.41, 5.74) is 0. The zero-order chi connectivity index (χ0) is 15.0. The molecule has 0 spiro atoms. The molecule has 114 valence electrons. The Kier molecular flexibility index (Phi) is 7.86. The molecule has 1 heterocycles. The van der Waals surface area contributed by atoms with Gasteiger partial charge in [0, 0.05) is 20.2 Å². The fourth-order valence-corrected chi connectivity index (χ4v) is 3.17. The van der Waals surface area contributed by atoms with Crippen molar-refractivity contribution in [2.24, 2.45) is 5.92 Å². The van der Waals surface area contributed by atoms with E-state index in [9.17, 15) is 4.79 Å². The number of thioether (sulfide) groups is 1. The molecule has 0 radical (unpaired) electrons. The van der Waals surface area contributed by atoms with E-state index in [4.69, 9.17) is 4.74 Å². The lowest BCUT2D eigenvalue weighted by Crippen LogP contribution is -2.33. The third kappa shape index (κ3) is 6.53. The Morgan fingerprint density at radius 2 is 2.15 bits per heavy atom. The van der Waals surface area contributed by atoms with E-state index in [0.717, 1.165) is 16.0 Å². The molecule has 0 aliphatic rings. The fourth-order valence-electron chi connectivity index (χ4n) is 1.25. The van der Waals surface area contributed by atoms with Crippen molar-refractivity contribution in [3.63, 3.8) is 0 Å². The number of methoxy groups -OCH3 is 1. The third-order valence-corrected chi connectivity index (χ3v) is 4.39. The average molecular weight is 318 g/mol. The van der Waals surface area contributed by atoms with E-state index in [-0.39, 0.29) is 11.2 Å². The summed E-state index contributed by atoms with van der Waals surface area (Å²) in [6, 6.07) is 0. The molecule has 1 amide bonds. The van der Waals surface area contributed by atoms with Crippen molar-refractivity contribution in [1.82, 2.24) is 15.5 Å². The van der Waals surface area contributed by atoms with E-state index >= 15 is 0 Å². The minimum absolute atomic E-state index is 0.0149. The number of aromatic nitrogens is 2. The summed E-state index contributed by atoms with van der Waals surface area (Å²) in [4.78, 5) is 11.8. The molecule has 2 N–H and O–H groups in total. The van der Waals surface area contributed by atoms with Gasteiger partial charge >= 0.3 is 0 Å².